The lowest BCUT2D eigenvalue weighted by Gasteiger charge is -2.30. The minimum absolute atomic E-state index is 0.129. The SMILES string of the molecule is Cc1cc(/C=C/C(=O)N2CCC(c3nc4ccccc4s3)CC2)c(C)n1C1CC1. The first-order chi connectivity index (χ1) is 14.1. The number of carbonyl (C=O) groups excluding carboxylic acids is 1. The summed E-state index contributed by atoms with van der Waals surface area (Å²) in [5, 5.41) is 1.22. The van der Waals surface area contributed by atoms with E-state index in [2.05, 4.69) is 42.7 Å². The average Bonchev–Trinajstić information content (AvgIpc) is 3.39. The van der Waals surface area contributed by atoms with Gasteiger partial charge in [0.2, 0.25) is 5.91 Å². The summed E-state index contributed by atoms with van der Waals surface area (Å²) >= 11 is 1.80. The van der Waals surface area contributed by atoms with Crippen LogP contribution >= 0.6 is 11.3 Å². The third-order valence-corrected chi connectivity index (χ3v) is 7.51. The van der Waals surface area contributed by atoms with Crippen molar-refractivity contribution in [1.82, 2.24) is 14.5 Å². The van der Waals surface area contributed by atoms with E-state index in [1.807, 2.05) is 17.0 Å². The Labute approximate surface area is 175 Å². The van der Waals surface area contributed by atoms with Gasteiger partial charge in [-0.1, -0.05) is 12.1 Å². The molecule has 0 unspecified atom stereocenters. The first-order valence-corrected chi connectivity index (χ1v) is 11.4. The Bertz CT molecular complexity index is 1050. The lowest BCUT2D eigenvalue weighted by atomic mass is 9.97. The van der Waals surface area contributed by atoms with Crippen LogP contribution in [-0.2, 0) is 4.79 Å². The second-order valence-electron chi connectivity index (χ2n) is 8.38. The molecule has 0 N–H and O–H groups in total. The second-order valence-corrected chi connectivity index (χ2v) is 9.44. The number of nitrogens with zero attached hydrogens (tertiary/aromatic N) is 3. The van der Waals surface area contributed by atoms with E-state index in [4.69, 9.17) is 4.98 Å². The van der Waals surface area contributed by atoms with Gasteiger partial charge in [0.15, 0.2) is 0 Å². The van der Waals surface area contributed by atoms with Crippen molar-refractivity contribution in [3.05, 3.63) is 58.4 Å². The summed E-state index contributed by atoms with van der Waals surface area (Å²) in [6.07, 6.45) is 8.31. The third-order valence-electron chi connectivity index (χ3n) is 6.31. The molecule has 150 valence electrons. The highest BCUT2D eigenvalue weighted by Gasteiger charge is 2.27. The molecule has 1 saturated carbocycles. The fourth-order valence-corrected chi connectivity index (χ4v) is 5.68. The molecule has 5 heteroatoms. The Morgan fingerprint density at radius 2 is 1.90 bits per heavy atom. The number of fused-ring (bicyclic) bond motifs is 1. The van der Waals surface area contributed by atoms with Gasteiger partial charge >= 0.3 is 0 Å². The van der Waals surface area contributed by atoms with E-state index >= 15 is 0 Å². The molecule has 1 aliphatic carbocycles. The molecule has 3 aromatic rings. The molecule has 2 aromatic heterocycles. The highest BCUT2D eigenvalue weighted by Crippen LogP contribution is 2.38. The van der Waals surface area contributed by atoms with Crippen molar-refractivity contribution in [3.63, 3.8) is 0 Å². The number of benzene rings is 1. The summed E-state index contributed by atoms with van der Waals surface area (Å²) < 4.78 is 3.68. The Kier molecular flexibility index (Phi) is 4.78. The summed E-state index contributed by atoms with van der Waals surface area (Å²) in [5.74, 6) is 0.599. The van der Waals surface area contributed by atoms with Gasteiger partial charge in [-0.2, -0.15) is 0 Å². The summed E-state index contributed by atoms with van der Waals surface area (Å²) in [7, 11) is 0. The minimum Gasteiger partial charge on any atom is -0.346 e. The molecule has 0 atom stereocenters. The van der Waals surface area contributed by atoms with Crippen molar-refractivity contribution in [3.8, 4) is 0 Å². The van der Waals surface area contributed by atoms with Gasteiger partial charge in [0.25, 0.3) is 0 Å². The largest absolute Gasteiger partial charge is 0.346 e. The van der Waals surface area contributed by atoms with Crippen LogP contribution in [0.3, 0.4) is 0 Å². The maximum Gasteiger partial charge on any atom is 0.246 e. The minimum atomic E-state index is 0.129. The number of para-hydroxylation sites is 1. The van der Waals surface area contributed by atoms with E-state index in [0.29, 0.717) is 12.0 Å². The summed E-state index contributed by atoms with van der Waals surface area (Å²) in [4.78, 5) is 19.5. The Morgan fingerprint density at radius 1 is 1.14 bits per heavy atom. The van der Waals surface area contributed by atoms with E-state index in [1.54, 1.807) is 17.4 Å². The fraction of sp³-hybridized carbons (Fsp3) is 0.417. The highest BCUT2D eigenvalue weighted by atomic mass is 32.1. The molecule has 2 fully saturated rings. The molecule has 1 amide bonds. The topological polar surface area (TPSA) is 38.1 Å². The van der Waals surface area contributed by atoms with E-state index in [0.717, 1.165) is 31.4 Å². The maximum absolute atomic E-state index is 12.7. The zero-order chi connectivity index (χ0) is 20.0. The van der Waals surface area contributed by atoms with Crippen LogP contribution in [0.2, 0.25) is 0 Å². The quantitative estimate of drug-likeness (QED) is 0.540. The maximum atomic E-state index is 12.7. The molecule has 0 spiro atoms. The number of hydrogen-bond donors (Lipinski definition) is 0. The number of thiazole rings is 1. The molecule has 0 radical (unpaired) electrons. The lowest BCUT2D eigenvalue weighted by molar-refractivity contribution is -0.126. The van der Waals surface area contributed by atoms with Crippen molar-refractivity contribution in [2.24, 2.45) is 0 Å². The highest BCUT2D eigenvalue weighted by molar-refractivity contribution is 7.18. The molecule has 5 rings (SSSR count). The summed E-state index contributed by atoms with van der Waals surface area (Å²) in [5.41, 5.74) is 4.85. The van der Waals surface area contributed by atoms with Gasteiger partial charge in [-0.3, -0.25) is 4.79 Å². The summed E-state index contributed by atoms with van der Waals surface area (Å²) in [6.45, 7) is 5.95. The number of piperidine rings is 1. The number of aromatic nitrogens is 2. The Morgan fingerprint density at radius 3 is 2.62 bits per heavy atom. The molecular weight excluding hydrogens is 378 g/mol. The van der Waals surface area contributed by atoms with Crippen LogP contribution in [-0.4, -0.2) is 33.4 Å². The molecule has 1 aliphatic heterocycles. The number of amides is 1. The normalized spacial score (nSPS) is 18.2. The van der Waals surface area contributed by atoms with Crippen molar-refractivity contribution in [2.75, 3.05) is 13.1 Å². The standard InChI is InChI=1S/C24H27N3OS/c1-16-15-19(17(2)27(16)20-8-9-20)7-10-23(28)26-13-11-18(12-14-26)24-25-21-5-3-4-6-22(21)29-24/h3-7,10,15,18,20H,8-9,11-14H2,1-2H3/b10-7+. The number of aryl methyl sites for hydroxylation is 1. The molecule has 1 saturated heterocycles. The third kappa shape index (κ3) is 3.64. The van der Waals surface area contributed by atoms with E-state index in [1.165, 1.54) is 39.5 Å². The number of carbonyl (C=O) groups is 1. The van der Waals surface area contributed by atoms with Crippen LogP contribution in [0.25, 0.3) is 16.3 Å². The van der Waals surface area contributed by atoms with Crippen molar-refractivity contribution < 1.29 is 4.79 Å². The van der Waals surface area contributed by atoms with E-state index < -0.39 is 0 Å². The molecule has 3 heterocycles. The lowest BCUT2D eigenvalue weighted by Crippen LogP contribution is -2.36. The van der Waals surface area contributed by atoms with Crippen LogP contribution in [0.5, 0.6) is 0 Å². The van der Waals surface area contributed by atoms with Crippen LogP contribution in [0, 0.1) is 13.8 Å². The van der Waals surface area contributed by atoms with E-state index in [9.17, 15) is 4.79 Å². The Hall–Kier alpha value is -2.40. The number of rotatable bonds is 4. The van der Waals surface area contributed by atoms with Crippen molar-refractivity contribution >= 4 is 33.5 Å². The van der Waals surface area contributed by atoms with Gasteiger partial charge in [0.05, 0.1) is 15.2 Å². The monoisotopic (exact) mass is 405 g/mol. The predicted molar refractivity (Wildman–Crippen MR) is 119 cm³/mol. The van der Waals surface area contributed by atoms with Crippen LogP contribution in [0.1, 0.15) is 59.6 Å². The van der Waals surface area contributed by atoms with Crippen LogP contribution in [0.15, 0.2) is 36.4 Å². The smallest absolute Gasteiger partial charge is 0.246 e. The van der Waals surface area contributed by atoms with E-state index in [-0.39, 0.29) is 5.91 Å². The van der Waals surface area contributed by atoms with Gasteiger partial charge in [-0.25, -0.2) is 4.98 Å². The van der Waals surface area contributed by atoms with Gasteiger partial charge in [-0.05, 0) is 69.4 Å². The molecule has 1 aromatic carbocycles. The van der Waals surface area contributed by atoms with Gasteiger partial charge < -0.3 is 9.47 Å². The summed E-state index contributed by atoms with van der Waals surface area (Å²) in [6, 6.07) is 11.2. The number of hydrogen-bond acceptors (Lipinski definition) is 3. The van der Waals surface area contributed by atoms with Gasteiger partial charge in [-0.15, -0.1) is 11.3 Å². The fourth-order valence-electron chi connectivity index (χ4n) is 4.54. The second kappa shape index (κ2) is 7.45. The van der Waals surface area contributed by atoms with Gasteiger partial charge in [0, 0.05) is 42.5 Å². The van der Waals surface area contributed by atoms with Crippen molar-refractivity contribution in [2.45, 2.75) is 51.5 Å². The molecule has 4 nitrogen and oxygen atoms in total. The number of likely N-dealkylation sites (tertiary alicyclic amines) is 1. The van der Waals surface area contributed by atoms with Crippen LogP contribution < -0.4 is 0 Å². The molecule has 0 bridgehead atoms. The predicted octanol–water partition coefficient (Wildman–Crippen LogP) is 5.47. The zero-order valence-corrected chi connectivity index (χ0v) is 17.9. The van der Waals surface area contributed by atoms with Gasteiger partial charge in [0.1, 0.15) is 0 Å². The average molecular weight is 406 g/mol. The Balaban J connectivity index is 1.22. The molecular formula is C24H27N3OS. The first kappa shape index (κ1) is 18.6. The van der Waals surface area contributed by atoms with Crippen molar-refractivity contribution in [1.29, 1.82) is 0 Å². The van der Waals surface area contributed by atoms with Crippen LogP contribution in [0.4, 0.5) is 0 Å². The first-order valence-electron chi connectivity index (χ1n) is 10.6. The molecule has 2 aliphatic rings. The molecule has 29 heavy (non-hydrogen) atoms. The zero-order valence-electron chi connectivity index (χ0n) is 17.1.